The molecular formula is C11H12ClN3O3. The van der Waals surface area contributed by atoms with E-state index >= 15 is 0 Å². The SMILES string of the molecule is CC(=O)NCC=Cc1cc([N+](=O)[O-])c(Cl)nc1C. The molecule has 0 radical (unpaired) electrons. The van der Waals surface area contributed by atoms with Gasteiger partial charge in [0.15, 0.2) is 0 Å². The third-order valence-corrected chi connectivity index (χ3v) is 2.43. The number of hydrogen-bond donors (Lipinski definition) is 1. The van der Waals surface area contributed by atoms with Gasteiger partial charge in [0.05, 0.1) is 4.92 Å². The number of halogens is 1. The van der Waals surface area contributed by atoms with Crippen molar-refractivity contribution in [1.29, 1.82) is 0 Å². The molecule has 0 aromatic carbocycles. The Hall–Kier alpha value is -1.95. The van der Waals surface area contributed by atoms with E-state index in [1.165, 1.54) is 13.0 Å². The number of aromatic nitrogens is 1. The summed E-state index contributed by atoms with van der Waals surface area (Å²) in [6.45, 7) is 3.46. The lowest BCUT2D eigenvalue weighted by Gasteiger charge is -2.02. The molecule has 1 heterocycles. The Morgan fingerprint density at radius 3 is 2.89 bits per heavy atom. The molecule has 0 unspecified atom stereocenters. The van der Waals surface area contributed by atoms with Gasteiger partial charge in [-0.15, -0.1) is 0 Å². The lowest BCUT2D eigenvalue weighted by molar-refractivity contribution is -0.385. The summed E-state index contributed by atoms with van der Waals surface area (Å²) in [6.07, 6.45) is 3.34. The van der Waals surface area contributed by atoms with Crippen LogP contribution in [-0.2, 0) is 4.79 Å². The van der Waals surface area contributed by atoms with E-state index in [1.54, 1.807) is 19.1 Å². The van der Waals surface area contributed by atoms with E-state index in [-0.39, 0.29) is 16.7 Å². The van der Waals surface area contributed by atoms with Crippen LogP contribution < -0.4 is 5.32 Å². The summed E-state index contributed by atoms with van der Waals surface area (Å²) in [5.41, 5.74) is 0.947. The summed E-state index contributed by atoms with van der Waals surface area (Å²) >= 11 is 5.67. The molecule has 0 fully saturated rings. The van der Waals surface area contributed by atoms with Crippen molar-refractivity contribution in [2.75, 3.05) is 6.54 Å². The molecule has 0 bridgehead atoms. The second-order valence-electron chi connectivity index (χ2n) is 3.57. The predicted molar refractivity (Wildman–Crippen MR) is 68.4 cm³/mol. The topological polar surface area (TPSA) is 85.1 Å². The van der Waals surface area contributed by atoms with Gasteiger partial charge in [0.1, 0.15) is 0 Å². The van der Waals surface area contributed by atoms with Crippen molar-refractivity contribution < 1.29 is 9.72 Å². The molecule has 1 aromatic rings. The highest BCUT2D eigenvalue weighted by molar-refractivity contribution is 6.31. The average Bonchev–Trinajstić information content (AvgIpc) is 2.25. The van der Waals surface area contributed by atoms with Crippen LogP contribution >= 0.6 is 11.6 Å². The number of nitro groups is 1. The third kappa shape index (κ3) is 3.81. The summed E-state index contributed by atoms with van der Waals surface area (Å²) in [5.74, 6) is -0.142. The van der Waals surface area contributed by atoms with Crippen molar-refractivity contribution >= 4 is 29.3 Å². The Morgan fingerprint density at radius 1 is 1.67 bits per heavy atom. The monoisotopic (exact) mass is 269 g/mol. The smallest absolute Gasteiger partial charge is 0.307 e. The Labute approximate surface area is 109 Å². The Kier molecular flexibility index (Phi) is 4.79. The van der Waals surface area contributed by atoms with E-state index in [1.807, 2.05) is 0 Å². The minimum atomic E-state index is -0.583. The number of amides is 1. The summed E-state index contributed by atoms with van der Waals surface area (Å²) in [4.78, 5) is 24.7. The van der Waals surface area contributed by atoms with Crippen LogP contribution in [0, 0.1) is 17.0 Å². The maximum absolute atomic E-state index is 10.7. The zero-order valence-electron chi connectivity index (χ0n) is 9.94. The normalized spacial score (nSPS) is 10.6. The number of nitrogens with one attached hydrogen (secondary N) is 1. The van der Waals surface area contributed by atoms with Gasteiger partial charge in [-0.1, -0.05) is 23.8 Å². The lowest BCUT2D eigenvalue weighted by atomic mass is 10.2. The molecule has 1 N–H and O–H groups in total. The summed E-state index contributed by atoms with van der Waals surface area (Å²) in [7, 11) is 0. The summed E-state index contributed by atoms with van der Waals surface area (Å²) in [5, 5.41) is 13.2. The molecule has 0 atom stereocenters. The van der Waals surface area contributed by atoms with Gasteiger partial charge in [-0.25, -0.2) is 4.98 Å². The number of aryl methyl sites for hydroxylation is 1. The molecule has 1 rings (SSSR count). The first-order chi connectivity index (χ1) is 8.41. The van der Waals surface area contributed by atoms with Gasteiger partial charge in [-0.05, 0) is 6.92 Å². The van der Waals surface area contributed by atoms with Crippen LogP contribution in [-0.4, -0.2) is 22.4 Å². The van der Waals surface area contributed by atoms with Crippen molar-refractivity contribution in [3.05, 3.63) is 38.7 Å². The zero-order chi connectivity index (χ0) is 13.7. The van der Waals surface area contributed by atoms with Crippen LogP contribution in [0.25, 0.3) is 6.08 Å². The maximum atomic E-state index is 10.7. The van der Waals surface area contributed by atoms with Gasteiger partial charge in [0.25, 0.3) is 0 Å². The number of hydrogen-bond acceptors (Lipinski definition) is 4. The molecule has 0 aliphatic rings. The fraction of sp³-hybridized carbons (Fsp3) is 0.273. The standard InChI is InChI=1S/C11H12ClN3O3/c1-7-9(4-3-5-13-8(2)16)6-10(15(17)18)11(12)14-7/h3-4,6H,5H2,1-2H3,(H,13,16). The predicted octanol–water partition coefficient (Wildman–Crippen LogP) is 2.10. The molecule has 0 aliphatic carbocycles. The number of rotatable bonds is 4. The van der Waals surface area contributed by atoms with Gasteiger partial charge in [-0.3, -0.25) is 14.9 Å². The van der Waals surface area contributed by atoms with E-state index in [4.69, 9.17) is 11.6 Å². The molecule has 7 heteroatoms. The van der Waals surface area contributed by atoms with Crippen molar-refractivity contribution in [3.63, 3.8) is 0 Å². The Bertz CT molecular complexity index is 515. The molecule has 1 aromatic heterocycles. The quantitative estimate of drug-likeness (QED) is 0.515. The van der Waals surface area contributed by atoms with E-state index in [2.05, 4.69) is 10.3 Å². The second kappa shape index (κ2) is 6.11. The largest absolute Gasteiger partial charge is 0.353 e. The summed E-state index contributed by atoms with van der Waals surface area (Å²) in [6, 6.07) is 1.36. The van der Waals surface area contributed by atoms with Gasteiger partial charge in [0, 0.05) is 30.8 Å². The number of nitrogens with zero attached hydrogens (tertiary/aromatic N) is 2. The van der Waals surface area contributed by atoms with E-state index in [0.717, 1.165) is 0 Å². The fourth-order valence-corrected chi connectivity index (χ4v) is 1.52. The van der Waals surface area contributed by atoms with Crippen LogP contribution in [0.4, 0.5) is 5.69 Å². The first-order valence-corrected chi connectivity index (χ1v) is 5.52. The van der Waals surface area contributed by atoms with Gasteiger partial charge in [0.2, 0.25) is 11.1 Å². The molecule has 0 saturated heterocycles. The first kappa shape index (κ1) is 14.1. The second-order valence-corrected chi connectivity index (χ2v) is 3.93. The zero-order valence-corrected chi connectivity index (χ0v) is 10.7. The van der Waals surface area contributed by atoms with Crippen LogP contribution in [0.3, 0.4) is 0 Å². The molecule has 0 spiro atoms. The van der Waals surface area contributed by atoms with Crippen molar-refractivity contribution in [3.8, 4) is 0 Å². The minimum Gasteiger partial charge on any atom is -0.353 e. The van der Waals surface area contributed by atoms with Crippen LogP contribution in [0.1, 0.15) is 18.2 Å². The Morgan fingerprint density at radius 2 is 2.33 bits per heavy atom. The molecule has 1 amide bonds. The van der Waals surface area contributed by atoms with E-state index < -0.39 is 4.92 Å². The van der Waals surface area contributed by atoms with E-state index in [0.29, 0.717) is 17.8 Å². The molecule has 0 aliphatic heterocycles. The van der Waals surface area contributed by atoms with Gasteiger partial charge < -0.3 is 5.32 Å². The molecular weight excluding hydrogens is 258 g/mol. The highest BCUT2D eigenvalue weighted by atomic mass is 35.5. The molecule has 96 valence electrons. The van der Waals surface area contributed by atoms with Crippen LogP contribution in [0.5, 0.6) is 0 Å². The number of carbonyl (C=O) groups excluding carboxylic acids is 1. The van der Waals surface area contributed by atoms with Gasteiger partial charge >= 0.3 is 5.69 Å². The van der Waals surface area contributed by atoms with Crippen molar-refractivity contribution in [2.24, 2.45) is 0 Å². The lowest BCUT2D eigenvalue weighted by Crippen LogP contribution is -2.19. The van der Waals surface area contributed by atoms with Crippen LogP contribution in [0.2, 0.25) is 5.15 Å². The fourth-order valence-electron chi connectivity index (χ4n) is 1.27. The minimum absolute atomic E-state index is 0.128. The van der Waals surface area contributed by atoms with Crippen molar-refractivity contribution in [2.45, 2.75) is 13.8 Å². The van der Waals surface area contributed by atoms with Gasteiger partial charge in [-0.2, -0.15) is 0 Å². The molecule has 18 heavy (non-hydrogen) atoms. The van der Waals surface area contributed by atoms with E-state index in [9.17, 15) is 14.9 Å². The van der Waals surface area contributed by atoms with Crippen molar-refractivity contribution in [1.82, 2.24) is 10.3 Å². The van der Waals surface area contributed by atoms with Crippen LogP contribution in [0.15, 0.2) is 12.1 Å². The average molecular weight is 270 g/mol. The molecule has 6 nitrogen and oxygen atoms in total. The summed E-state index contributed by atoms with van der Waals surface area (Å²) < 4.78 is 0. The highest BCUT2D eigenvalue weighted by Crippen LogP contribution is 2.25. The maximum Gasteiger partial charge on any atom is 0.307 e. The number of pyridine rings is 1. The third-order valence-electron chi connectivity index (χ3n) is 2.15. The Balaban J connectivity index is 2.92. The number of carbonyl (C=O) groups is 1. The molecule has 0 saturated carbocycles. The first-order valence-electron chi connectivity index (χ1n) is 5.14. The highest BCUT2D eigenvalue weighted by Gasteiger charge is 2.15.